The van der Waals surface area contributed by atoms with Crippen molar-refractivity contribution in [3.63, 3.8) is 0 Å². The minimum absolute atomic E-state index is 0.370. The lowest BCUT2D eigenvalue weighted by atomic mass is 10.0. The van der Waals surface area contributed by atoms with Gasteiger partial charge in [0.05, 0.1) is 12.2 Å². The van der Waals surface area contributed by atoms with E-state index in [2.05, 4.69) is 15.9 Å². The fourth-order valence-corrected chi connectivity index (χ4v) is 2.63. The Bertz CT molecular complexity index is 695. The van der Waals surface area contributed by atoms with Crippen LogP contribution in [0, 0.1) is 13.8 Å². The van der Waals surface area contributed by atoms with E-state index in [1.165, 1.54) is 0 Å². The van der Waals surface area contributed by atoms with Crippen molar-refractivity contribution in [3.8, 4) is 11.3 Å². The number of benzene rings is 1. The molecule has 2 rings (SSSR count). The topological polar surface area (TPSA) is 22.0 Å². The quantitative estimate of drug-likeness (QED) is 0.821. The van der Waals surface area contributed by atoms with E-state index in [9.17, 15) is 13.6 Å². The van der Waals surface area contributed by atoms with Crippen molar-refractivity contribution in [2.24, 2.45) is 0 Å². The molecule has 1 aromatic heterocycles. The standard InChI is InChI=1S/C15H14BrF2NO/c1-9-3-6-13(19(15(9)20)8-14(17)18)12-5-4-11(16)7-10(12)2/h3-7,14H,8H2,1-2H3. The zero-order chi connectivity index (χ0) is 14.9. The van der Waals surface area contributed by atoms with Crippen LogP contribution >= 0.6 is 15.9 Å². The molecule has 2 aromatic rings. The van der Waals surface area contributed by atoms with E-state index >= 15 is 0 Å². The number of rotatable bonds is 3. The van der Waals surface area contributed by atoms with Crippen molar-refractivity contribution in [2.75, 3.05) is 0 Å². The lowest BCUT2D eigenvalue weighted by Crippen LogP contribution is -2.26. The first kappa shape index (κ1) is 14.9. The van der Waals surface area contributed by atoms with Gasteiger partial charge in [-0.25, -0.2) is 8.78 Å². The van der Waals surface area contributed by atoms with Crippen LogP contribution < -0.4 is 5.56 Å². The molecule has 0 aliphatic heterocycles. The molecule has 5 heteroatoms. The lowest BCUT2D eigenvalue weighted by molar-refractivity contribution is 0.126. The Morgan fingerprint density at radius 1 is 1.15 bits per heavy atom. The highest BCUT2D eigenvalue weighted by molar-refractivity contribution is 9.10. The van der Waals surface area contributed by atoms with Gasteiger partial charge in [-0.2, -0.15) is 0 Å². The number of hydrogen-bond donors (Lipinski definition) is 0. The summed E-state index contributed by atoms with van der Waals surface area (Å²) in [6.07, 6.45) is -2.57. The van der Waals surface area contributed by atoms with Gasteiger partial charge in [0, 0.05) is 15.6 Å². The summed E-state index contributed by atoms with van der Waals surface area (Å²) in [6.45, 7) is 2.92. The van der Waals surface area contributed by atoms with Crippen LogP contribution in [0.2, 0.25) is 0 Å². The van der Waals surface area contributed by atoms with Gasteiger partial charge in [-0.3, -0.25) is 4.79 Å². The van der Waals surface area contributed by atoms with Gasteiger partial charge in [0.2, 0.25) is 0 Å². The molecule has 0 N–H and O–H groups in total. The third kappa shape index (κ3) is 2.98. The summed E-state index contributed by atoms with van der Waals surface area (Å²) < 4.78 is 27.5. The van der Waals surface area contributed by atoms with Crippen molar-refractivity contribution in [1.82, 2.24) is 4.57 Å². The first-order valence-corrected chi connectivity index (χ1v) is 6.94. The summed E-state index contributed by atoms with van der Waals surface area (Å²) in [6, 6.07) is 8.94. The van der Waals surface area contributed by atoms with Crippen molar-refractivity contribution < 1.29 is 8.78 Å². The molecular formula is C15H14BrF2NO. The molecule has 0 atom stereocenters. The maximum Gasteiger partial charge on any atom is 0.256 e. The fourth-order valence-electron chi connectivity index (χ4n) is 2.16. The summed E-state index contributed by atoms with van der Waals surface area (Å²) >= 11 is 3.37. The summed E-state index contributed by atoms with van der Waals surface area (Å²) in [5.74, 6) is 0. The number of pyridine rings is 1. The van der Waals surface area contributed by atoms with E-state index in [1.54, 1.807) is 19.1 Å². The maximum absolute atomic E-state index is 12.7. The summed E-state index contributed by atoms with van der Waals surface area (Å²) in [5, 5.41) is 0. The first-order chi connectivity index (χ1) is 9.40. The number of hydrogen-bond acceptors (Lipinski definition) is 1. The van der Waals surface area contributed by atoms with E-state index in [0.717, 1.165) is 20.2 Å². The SMILES string of the molecule is Cc1cc(Br)ccc1-c1ccc(C)c(=O)n1CC(F)F. The Labute approximate surface area is 124 Å². The average Bonchev–Trinajstić information content (AvgIpc) is 2.36. The highest BCUT2D eigenvalue weighted by atomic mass is 79.9. The Morgan fingerprint density at radius 2 is 1.85 bits per heavy atom. The molecule has 0 aliphatic carbocycles. The molecule has 1 heterocycles. The zero-order valence-corrected chi connectivity index (χ0v) is 12.7. The summed E-state index contributed by atoms with van der Waals surface area (Å²) in [7, 11) is 0. The molecule has 0 saturated heterocycles. The van der Waals surface area contributed by atoms with Gasteiger partial charge in [0.1, 0.15) is 0 Å². The minimum atomic E-state index is -2.57. The molecule has 0 amide bonds. The second-order valence-corrected chi connectivity index (χ2v) is 5.58. The molecule has 0 unspecified atom stereocenters. The second kappa shape index (κ2) is 5.87. The summed E-state index contributed by atoms with van der Waals surface area (Å²) in [5.41, 5.74) is 2.32. The van der Waals surface area contributed by atoms with Crippen LogP contribution in [0.25, 0.3) is 11.3 Å². The van der Waals surface area contributed by atoms with Crippen molar-refractivity contribution in [3.05, 3.63) is 56.3 Å². The minimum Gasteiger partial charge on any atom is -0.302 e. The summed E-state index contributed by atoms with van der Waals surface area (Å²) in [4.78, 5) is 12.1. The fraction of sp³-hybridized carbons (Fsp3) is 0.267. The molecule has 0 bridgehead atoms. The van der Waals surface area contributed by atoms with E-state index < -0.39 is 13.0 Å². The van der Waals surface area contributed by atoms with Crippen molar-refractivity contribution >= 4 is 15.9 Å². The van der Waals surface area contributed by atoms with Gasteiger partial charge in [-0.05, 0) is 37.6 Å². The van der Waals surface area contributed by atoms with E-state index in [4.69, 9.17) is 0 Å². The lowest BCUT2D eigenvalue weighted by Gasteiger charge is -2.15. The molecule has 0 fully saturated rings. The van der Waals surface area contributed by atoms with Crippen molar-refractivity contribution in [1.29, 1.82) is 0 Å². The monoisotopic (exact) mass is 341 g/mol. The molecule has 0 spiro atoms. The molecule has 20 heavy (non-hydrogen) atoms. The van der Waals surface area contributed by atoms with Gasteiger partial charge in [-0.15, -0.1) is 0 Å². The van der Waals surface area contributed by atoms with Crippen LogP contribution in [0.4, 0.5) is 8.78 Å². The molecule has 0 saturated carbocycles. The number of aryl methyl sites for hydroxylation is 2. The van der Waals surface area contributed by atoms with E-state index in [-0.39, 0.29) is 5.56 Å². The largest absolute Gasteiger partial charge is 0.302 e. The molecule has 106 valence electrons. The third-order valence-corrected chi connectivity index (χ3v) is 3.64. The van der Waals surface area contributed by atoms with Crippen LogP contribution in [0.15, 0.2) is 39.6 Å². The molecule has 0 aliphatic rings. The van der Waals surface area contributed by atoms with Gasteiger partial charge in [0.25, 0.3) is 12.0 Å². The van der Waals surface area contributed by atoms with Crippen LogP contribution in [0.1, 0.15) is 11.1 Å². The first-order valence-electron chi connectivity index (χ1n) is 6.15. The van der Waals surface area contributed by atoms with Gasteiger partial charge in [0.15, 0.2) is 0 Å². The van der Waals surface area contributed by atoms with Crippen molar-refractivity contribution in [2.45, 2.75) is 26.8 Å². The van der Waals surface area contributed by atoms with Crippen LogP contribution in [-0.2, 0) is 6.54 Å². The van der Waals surface area contributed by atoms with E-state index in [0.29, 0.717) is 11.3 Å². The van der Waals surface area contributed by atoms with Gasteiger partial charge >= 0.3 is 0 Å². The van der Waals surface area contributed by atoms with Gasteiger partial charge < -0.3 is 4.57 Å². The molecule has 0 radical (unpaired) electrons. The van der Waals surface area contributed by atoms with E-state index in [1.807, 2.05) is 25.1 Å². The predicted molar refractivity (Wildman–Crippen MR) is 79.3 cm³/mol. The number of halogens is 3. The van der Waals surface area contributed by atoms with Gasteiger partial charge in [-0.1, -0.05) is 28.1 Å². The Kier molecular flexibility index (Phi) is 4.38. The second-order valence-electron chi connectivity index (χ2n) is 4.67. The smallest absolute Gasteiger partial charge is 0.256 e. The zero-order valence-electron chi connectivity index (χ0n) is 11.2. The molecular weight excluding hydrogens is 328 g/mol. The normalized spacial score (nSPS) is 11.1. The van der Waals surface area contributed by atoms with Crippen LogP contribution in [-0.4, -0.2) is 11.0 Å². The molecule has 2 nitrogen and oxygen atoms in total. The Balaban J connectivity index is 2.67. The number of aromatic nitrogens is 1. The maximum atomic E-state index is 12.7. The number of alkyl halides is 2. The average molecular weight is 342 g/mol. The van der Waals surface area contributed by atoms with Crippen LogP contribution in [0.3, 0.4) is 0 Å². The Hall–Kier alpha value is -1.49. The molecule has 1 aromatic carbocycles. The van der Waals surface area contributed by atoms with Crippen LogP contribution in [0.5, 0.6) is 0 Å². The number of nitrogens with zero attached hydrogens (tertiary/aromatic N) is 1. The Morgan fingerprint density at radius 3 is 2.45 bits per heavy atom. The predicted octanol–water partition coefficient (Wildman–Crippen LogP) is 4.16. The third-order valence-electron chi connectivity index (χ3n) is 3.15. The highest BCUT2D eigenvalue weighted by Gasteiger charge is 2.14. The highest BCUT2D eigenvalue weighted by Crippen LogP contribution is 2.26.